The van der Waals surface area contributed by atoms with Crippen LogP contribution in [0.1, 0.15) is 12.0 Å². The molecule has 1 saturated heterocycles. The molecular weight excluding hydrogens is 316 g/mol. The van der Waals surface area contributed by atoms with Crippen molar-refractivity contribution in [2.75, 3.05) is 46.0 Å². The van der Waals surface area contributed by atoms with Gasteiger partial charge >= 0.3 is 0 Å². The van der Waals surface area contributed by atoms with Gasteiger partial charge < -0.3 is 4.90 Å². The summed E-state index contributed by atoms with van der Waals surface area (Å²) in [7, 11) is -1.28. The molecule has 1 aliphatic rings. The molecule has 1 fully saturated rings. The topological polar surface area (TPSA) is 73.8 Å². The van der Waals surface area contributed by atoms with Gasteiger partial charge in [0.05, 0.1) is 12.8 Å². The Bertz CT molecular complexity index is 621. The molecule has 1 aromatic rings. The fraction of sp³-hybridized carbons (Fsp3) is 0.600. The van der Waals surface area contributed by atoms with Gasteiger partial charge in [-0.05, 0) is 31.2 Å². The van der Waals surface area contributed by atoms with Crippen molar-refractivity contribution in [1.29, 1.82) is 0 Å². The van der Waals surface area contributed by atoms with Crippen molar-refractivity contribution in [3.63, 3.8) is 0 Å². The molecule has 7 nitrogen and oxygen atoms in total. The lowest BCUT2D eigenvalue weighted by atomic mass is 10.2. The van der Waals surface area contributed by atoms with Crippen LogP contribution >= 0.6 is 0 Å². The first kappa shape index (κ1) is 17.8. The average Bonchev–Trinajstić information content (AvgIpc) is 2.73. The zero-order chi connectivity index (χ0) is 16.9. The molecule has 0 aliphatic carbocycles. The van der Waals surface area contributed by atoms with Crippen LogP contribution in [0, 0.1) is 0 Å². The normalized spacial score (nSPS) is 17.3. The van der Waals surface area contributed by atoms with E-state index in [0.29, 0.717) is 45.7 Å². The first-order chi connectivity index (χ1) is 10.9. The summed E-state index contributed by atoms with van der Waals surface area (Å²) < 4.78 is 24.7. The van der Waals surface area contributed by atoms with E-state index in [1.54, 1.807) is 17.3 Å². The van der Waals surface area contributed by atoms with Gasteiger partial charge in [0.2, 0.25) is 15.9 Å². The van der Waals surface area contributed by atoms with Gasteiger partial charge in [0, 0.05) is 45.1 Å². The van der Waals surface area contributed by atoms with Gasteiger partial charge in [-0.3, -0.25) is 14.7 Å². The van der Waals surface area contributed by atoms with Crippen LogP contribution in [-0.2, 0) is 21.4 Å². The number of carbonyl (C=O) groups is 1. The van der Waals surface area contributed by atoms with Gasteiger partial charge in [0.1, 0.15) is 0 Å². The minimum Gasteiger partial charge on any atom is -0.340 e. The van der Waals surface area contributed by atoms with Crippen molar-refractivity contribution in [2.45, 2.75) is 13.0 Å². The van der Waals surface area contributed by atoms with Gasteiger partial charge in [-0.2, -0.15) is 0 Å². The van der Waals surface area contributed by atoms with Crippen LogP contribution in [0.4, 0.5) is 0 Å². The van der Waals surface area contributed by atoms with Crippen LogP contribution in [0.3, 0.4) is 0 Å². The molecule has 0 spiro atoms. The molecule has 0 atom stereocenters. The highest BCUT2D eigenvalue weighted by Crippen LogP contribution is 2.08. The van der Waals surface area contributed by atoms with Crippen LogP contribution in [0.5, 0.6) is 0 Å². The van der Waals surface area contributed by atoms with Gasteiger partial charge in [-0.1, -0.05) is 0 Å². The van der Waals surface area contributed by atoms with E-state index in [1.165, 1.54) is 10.6 Å². The van der Waals surface area contributed by atoms with Crippen LogP contribution in [0.15, 0.2) is 24.5 Å². The Kier molecular flexibility index (Phi) is 6.09. The molecule has 0 radical (unpaired) electrons. The van der Waals surface area contributed by atoms with E-state index >= 15 is 0 Å². The van der Waals surface area contributed by atoms with E-state index in [9.17, 15) is 13.2 Å². The summed E-state index contributed by atoms with van der Waals surface area (Å²) in [6.45, 7) is 2.91. The van der Waals surface area contributed by atoms with E-state index in [1.807, 2.05) is 24.1 Å². The highest BCUT2D eigenvalue weighted by atomic mass is 32.2. The molecule has 128 valence electrons. The van der Waals surface area contributed by atoms with Crippen molar-refractivity contribution >= 4 is 15.9 Å². The predicted octanol–water partition coefficient (Wildman–Crippen LogP) is 0.00730. The van der Waals surface area contributed by atoms with Crippen LogP contribution in [-0.4, -0.2) is 79.4 Å². The molecule has 0 unspecified atom stereocenters. The van der Waals surface area contributed by atoms with Gasteiger partial charge in [0.25, 0.3) is 0 Å². The number of aromatic nitrogens is 1. The maximum absolute atomic E-state index is 12.4. The van der Waals surface area contributed by atoms with E-state index in [-0.39, 0.29) is 5.91 Å². The van der Waals surface area contributed by atoms with E-state index in [4.69, 9.17) is 0 Å². The second kappa shape index (κ2) is 7.85. The Labute approximate surface area is 137 Å². The largest absolute Gasteiger partial charge is 0.340 e. The van der Waals surface area contributed by atoms with Crippen LogP contribution in [0.25, 0.3) is 0 Å². The standard InChI is InChI=1S/C15H24N4O3S/c1-17(12-14-4-6-16-7-5-14)13-15(20)18-8-3-9-19(11-10-18)23(2,21)22/h4-7H,3,8-13H2,1-2H3. The monoisotopic (exact) mass is 340 g/mol. The van der Waals surface area contributed by atoms with Crippen LogP contribution in [0.2, 0.25) is 0 Å². The summed E-state index contributed by atoms with van der Waals surface area (Å²) in [5.41, 5.74) is 1.11. The summed E-state index contributed by atoms with van der Waals surface area (Å²) >= 11 is 0. The van der Waals surface area contributed by atoms with Crippen molar-refractivity contribution in [2.24, 2.45) is 0 Å². The average molecular weight is 340 g/mol. The van der Waals surface area contributed by atoms with E-state index in [0.717, 1.165) is 5.56 Å². The lowest BCUT2D eigenvalue weighted by Gasteiger charge is -2.24. The second-order valence-corrected chi connectivity index (χ2v) is 7.91. The molecule has 0 N–H and O–H groups in total. The van der Waals surface area contributed by atoms with E-state index in [2.05, 4.69) is 4.98 Å². The van der Waals surface area contributed by atoms with Gasteiger partial charge in [-0.15, -0.1) is 0 Å². The Balaban J connectivity index is 1.85. The summed E-state index contributed by atoms with van der Waals surface area (Å²) in [6.07, 6.45) is 5.36. The van der Waals surface area contributed by atoms with Crippen molar-refractivity contribution in [3.05, 3.63) is 30.1 Å². The van der Waals surface area contributed by atoms with Gasteiger partial charge in [-0.25, -0.2) is 12.7 Å². The Hall–Kier alpha value is -1.51. The predicted molar refractivity (Wildman–Crippen MR) is 88.2 cm³/mol. The summed E-state index contributed by atoms with van der Waals surface area (Å²) in [6, 6.07) is 3.85. The third-order valence-electron chi connectivity index (χ3n) is 3.88. The number of nitrogens with zero attached hydrogens (tertiary/aromatic N) is 4. The third-order valence-corrected chi connectivity index (χ3v) is 5.19. The maximum Gasteiger partial charge on any atom is 0.236 e. The summed E-state index contributed by atoms with van der Waals surface area (Å²) in [5.74, 6) is 0.0388. The fourth-order valence-electron chi connectivity index (χ4n) is 2.66. The number of sulfonamides is 1. The molecule has 1 aromatic heterocycles. The number of pyridine rings is 1. The molecule has 0 aromatic carbocycles. The molecule has 8 heteroatoms. The Morgan fingerprint density at radius 1 is 1.22 bits per heavy atom. The number of hydrogen-bond donors (Lipinski definition) is 0. The van der Waals surface area contributed by atoms with Gasteiger partial charge in [0.15, 0.2) is 0 Å². The van der Waals surface area contributed by atoms with E-state index < -0.39 is 10.0 Å². The molecule has 1 aliphatic heterocycles. The minimum absolute atomic E-state index is 0.0388. The zero-order valence-corrected chi connectivity index (χ0v) is 14.5. The highest BCUT2D eigenvalue weighted by Gasteiger charge is 2.24. The summed E-state index contributed by atoms with van der Waals surface area (Å²) in [4.78, 5) is 20.1. The third kappa shape index (κ3) is 5.56. The molecule has 0 saturated carbocycles. The summed E-state index contributed by atoms with van der Waals surface area (Å²) in [5, 5.41) is 0. The number of rotatable bonds is 5. The molecule has 2 rings (SSSR count). The smallest absolute Gasteiger partial charge is 0.236 e. The number of hydrogen-bond acceptors (Lipinski definition) is 5. The highest BCUT2D eigenvalue weighted by molar-refractivity contribution is 7.88. The number of carbonyl (C=O) groups excluding carboxylic acids is 1. The molecule has 2 heterocycles. The van der Waals surface area contributed by atoms with Crippen molar-refractivity contribution in [1.82, 2.24) is 19.1 Å². The Morgan fingerprint density at radius 3 is 2.57 bits per heavy atom. The quantitative estimate of drug-likeness (QED) is 0.755. The lowest BCUT2D eigenvalue weighted by molar-refractivity contribution is -0.132. The van der Waals surface area contributed by atoms with Crippen LogP contribution < -0.4 is 0 Å². The fourth-order valence-corrected chi connectivity index (χ4v) is 3.54. The Morgan fingerprint density at radius 2 is 1.91 bits per heavy atom. The minimum atomic E-state index is -3.18. The second-order valence-electron chi connectivity index (χ2n) is 5.92. The number of amides is 1. The SMILES string of the molecule is CN(CC(=O)N1CCCN(S(C)(=O)=O)CC1)Cc1ccncc1. The molecular formula is C15H24N4O3S. The zero-order valence-electron chi connectivity index (χ0n) is 13.7. The molecule has 23 heavy (non-hydrogen) atoms. The maximum atomic E-state index is 12.4. The van der Waals surface area contributed by atoms with Crippen molar-refractivity contribution < 1.29 is 13.2 Å². The molecule has 0 bridgehead atoms. The molecule has 1 amide bonds. The first-order valence-corrected chi connectivity index (χ1v) is 9.51. The lowest BCUT2D eigenvalue weighted by Crippen LogP contribution is -2.41. The first-order valence-electron chi connectivity index (χ1n) is 7.66. The number of likely N-dealkylation sites (N-methyl/N-ethyl adjacent to an activating group) is 1. The van der Waals surface area contributed by atoms with Crippen molar-refractivity contribution in [3.8, 4) is 0 Å².